The van der Waals surface area contributed by atoms with Crippen molar-refractivity contribution in [2.24, 2.45) is 0 Å². The van der Waals surface area contributed by atoms with Gasteiger partial charge in [0.15, 0.2) is 0 Å². The Hall–Kier alpha value is -1.40. The average molecular weight is 293 g/mol. The van der Waals surface area contributed by atoms with Crippen molar-refractivity contribution >= 4 is 34.7 Å². The first-order valence-electron chi connectivity index (χ1n) is 6.92. The van der Waals surface area contributed by atoms with Crippen LogP contribution in [0.3, 0.4) is 0 Å². The van der Waals surface area contributed by atoms with Crippen molar-refractivity contribution < 1.29 is 9.53 Å². The van der Waals surface area contributed by atoms with Crippen molar-refractivity contribution in [1.82, 2.24) is 0 Å². The molecule has 1 aromatic carbocycles. The number of morpholine rings is 1. The van der Waals surface area contributed by atoms with Crippen LogP contribution in [0.2, 0.25) is 0 Å². The molecule has 1 saturated heterocycles. The zero-order valence-electron chi connectivity index (χ0n) is 11.5. The van der Waals surface area contributed by atoms with Crippen molar-refractivity contribution in [2.75, 3.05) is 42.3 Å². The zero-order valence-corrected chi connectivity index (χ0v) is 12.3. The van der Waals surface area contributed by atoms with Crippen molar-refractivity contribution in [3.63, 3.8) is 0 Å². The summed E-state index contributed by atoms with van der Waals surface area (Å²) in [4.78, 5) is 15.2. The Balaban J connectivity index is 1.92. The molecule has 0 bridgehead atoms. The molecule has 5 nitrogen and oxygen atoms in total. The van der Waals surface area contributed by atoms with E-state index < -0.39 is 0 Å². The minimum atomic E-state index is -0.0105. The molecule has 1 amide bonds. The molecular formula is C14H19N3O2S. The summed E-state index contributed by atoms with van der Waals surface area (Å²) < 4.78 is 5.38. The standard InChI is InChI=1S/C14H19N3O2S/c1-2-12-14(18)16-10-7-9(15)11(8-13(10)20-12)17-3-5-19-6-4-17/h7-8,12H,2-6,15H2,1H3,(H,16,18). The first-order valence-corrected chi connectivity index (χ1v) is 7.80. The number of rotatable bonds is 2. The number of nitrogens with two attached hydrogens (primary N) is 1. The summed E-state index contributed by atoms with van der Waals surface area (Å²) in [5.41, 5.74) is 8.73. The number of amides is 1. The lowest BCUT2D eigenvalue weighted by Crippen LogP contribution is -2.37. The summed E-state index contributed by atoms with van der Waals surface area (Å²) in [7, 11) is 0. The lowest BCUT2D eigenvalue weighted by atomic mass is 10.2. The van der Waals surface area contributed by atoms with Crippen LogP contribution in [0, 0.1) is 0 Å². The first-order chi connectivity index (χ1) is 9.69. The van der Waals surface area contributed by atoms with Crippen LogP contribution < -0.4 is 16.0 Å². The van der Waals surface area contributed by atoms with Crippen molar-refractivity contribution in [2.45, 2.75) is 23.5 Å². The van der Waals surface area contributed by atoms with Crippen LogP contribution in [-0.4, -0.2) is 37.5 Å². The number of nitrogen functional groups attached to an aromatic ring is 1. The largest absolute Gasteiger partial charge is 0.397 e. The molecule has 0 aliphatic carbocycles. The summed E-state index contributed by atoms with van der Waals surface area (Å²) in [6.07, 6.45) is 0.827. The summed E-state index contributed by atoms with van der Waals surface area (Å²) in [6.45, 7) is 5.22. The SMILES string of the molecule is CCC1Sc2cc(N3CCOCC3)c(N)cc2NC1=O. The van der Waals surface area contributed by atoms with E-state index in [1.165, 1.54) is 0 Å². The number of nitrogens with one attached hydrogen (secondary N) is 1. The number of benzene rings is 1. The van der Waals surface area contributed by atoms with Gasteiger partial charge in [0.05, 0.1) is 35.5 Å². The third-order valence-electron chi connectivity index (χ3n) is 3.67. The van der Waals surface area contributed by atoms with Gasteiger partial charge in [-0.1, -0.05) is 6.92 Å². The average Bonchev–Trinajstić information content (AvgIpc) is 2.47. The first kappa shape index (κ1) is 13.6. The Kier molecular flexibility index (Phi) is 3.76. The molecule has 108 valence electrons. The highest BCUT2D eigenvalue weighted by Gasteiger charge is 2.27. The molecule has 20 heavy (non-hydrogen) atoms. The summed E-state index contributed by atoms with van der Waals surface area (Å²) >= 11 is 1.63. The van der Waals surface area contributed by atoms with Gasteiger partial charge in [-0.2, -0.15) is 0 Å². The molecule has 0 radical (unpaired) electrons. The van der Waals surface area contributed by atoms with Crippen LogP contribution in [0.1, 0.15) is 13.3 Å². The van der Waals surface area contributed by atoms with Crippen LogP contribution in [0.25, 0.3) is 0 Å². The summed E-state index contributed by atoms with van der Waals surface area (Å²) in [5, 5.41) is 2.94. The quantitative estimate of drug-likeness (QED) is 0.816. The van der Waals surface area contributed by atoms with E-state index in [4.69, 9.17) is 10.5 Å². The van der Waals surface area contributed by atoms with E-state index in [2.05, 4.69) is 16.3 Å². The third kappa shape index (κ3) is 2.45. The van der Waals surface area contributed by atoms with E-state index in [-0.39, 0.29) is 11.2 Å². The fourth-order valence-corrected chi connectivity index (χ4v) is 3.60. The Labute approximate surface area is 122 Å². The topological polar surface area (TPSA) is 67.6 Å². The van der Waals surface area contributed by atoms with Gasteiger partial charge in [0, 0.05) is 18.0 Å². The highest BCUT2D eigenvalue weighted by molar-refractivity contribution is 8.01. The maximum Gasteiger partial charge on any atom is 0.237 e. The molecule has 3 rings (SSSR count). The van der Waals surface area contributed by atoms with E-state index in [0.29, 0.717) is 5.69 Å². The molecule has 2 aliphatic rings. The number of carbonyl (C=O) groups excluding carboxylic acids is 1. The molecule has 2 heterocycles. The van der Waals surface area contributed by atoms with E-state index >= 15 is 0 Å². The predicted molar refractivity (Wildman–Crippen MR) is 82.5 cm³/mol. The van der Waals surface area contributed by atoms with Gasteiger partial charge in [0.1, 0.15) is 0 Å². The fourth-order valence-electron chi connectivity index (χ4n) is 2.55. The third-order valence-corrected chi connectivity index (χ3v) is 5.09. The molecule has 0 saturated carbocycles. The molecule has 0 aromatic heterocycles. The van der Waals surface area contributed by atoms with Crippen LogP contribution in [-0.2, 0) is 9.53 Å². The van der Waals surface area contributed by atoms with E-state index in [9.17, 15) is 4.79 Å². The molecule has 1 unspecified atom stereocenters. The Morgan fingerprint density at radius 3 is 2.90 bits per heavy atom. The van der Waals surface area contributed by atoms with Crippen molar-refractivity contribution in [3.8, 4) is 0 Å². The van der Waals surface area contributed by atoms with Gasteiger partial charge in [0.2, 0.25) is 5.91 Å². The molecule has 3 N–H and O–H groups in total. The van der Waals surface area contributed by atoms with Crippen molar-refractivity contribution in [1.29, 1.82) is 0 Å². The van der Waals surface area contributed by atoms with E-state index in [0.717, 1.165) is 49.0 Å². The smallest absolute Gasteiger partial charge is 0.237 e. The summed E-state index contributed by atoms with van der Waals surface area (Å²) in [6, 6.07) is 3.97. The van der Waals surface area contributed by atoms with Crippen LogP contribution >= 0.6 is 11.8 Å². The molecule has 2 aliphatic heterocycles. The highest BCUT2D eigenvalue weighted by Crippen LogP contribution is 2.41. The van der Waals surface area contributed by atoms with Gasteiger partial charge in [-0.05, 0) is 18.6 Å². The second kappa shape index (κ2) is 5.54. The lowest BCUT2D eigenvalue weighted by molar-refractivity contribution is -0.115. The molecule has 1 atom stereocenters. The second-order valence-corrected chi connectivity index (χ2v) is 6.26. The number of fused-ring (bicyclic) bond motifs is 1. The van der Waals surface area contributed by atoms with Gasteiger partial charge in [-0.25, -0.2) is 0 Å². The van der Waals surface area contributed by atoms with Gasteiger partial charge >= 0.3 is 0 Å². The number of carbonyl (C=O) groups is 1. The predicted octanol–water partition coefficient (Wildman–Crippen LogP) is 1.93. The van der Waals surface area contributed by atoms with Gasteiger partial charge in [-0.3, -0.25) is 4.79 Å². The molecular weight excluding hydrogens is 274 g/mol. The van der Waals surface area contributed by atoms with Crippen LogP contribution in [0.4, 0.5) is 17.1 Å². The number of thioether (sulfide) groups is 1. The zero-order chi connectivity index (χ0) is 14.1. The van der Waals surface area contributed by atoms with Gasteiger partial charge < -0.3 is 20.7 Å². The van der Waals surface area contributed by atoms with Crippen molar-refractivity contribution in [3.05, 3.63) is 12.1 Å². The Morgan fingerprint density at radius 1 is 1.45 bits per heavy atom. The minimum absolute atomic E-state index is 0.0105. The maximum atomic E-state index is 11.9. The minimum Gasteiger partial charge on any atom is -0.397 e. The maximum absolute atomic E-state index is 11.9. The number of hydrogen-bond donors (Lipinski definition) is 2. The molecule has 1 fully saturated rings. The van der Waals surface area contributed by atoms with E-state index in [1.54, 1.807) is 11.8 Å². The van der Waals surface area contributed by atoms with Gasteiger partial charge in [-0.15, -0.1) is 11.8 Å². The molecule has 6 heteroatoms. The molecule has 1 aromatic rings. The highest BCUT2D eigenvalue weighted by atomic mass is 32.2. The normalized spacial score (nSPS) is 22.4. The summed E-state index contributed by atoms with van der Waals surface area (Å²) in [5.74, 6) is 0.0727. The second-order valence-electron chi connectivity index (χ2n) is 5.01. The number of nitrogens with zero attached hydrogens (tertiary/aromatic N) is 1. The Morgan fingerprint density at radius 2 is 2.20 bits per heavy atom. The monoisotopic (exact) mass is 293 g/mol. The fraction of sp³-hybridized carbons (Fsp3) is 0.500. The Bertz CT molecular complexity index is 529. The van der Waals surface area contributed by atoms with E-state index in [1.807, 2.05) is 13.0 Å². The molecule has 0 spiro atoms. The van der Waals surface area contributed by atoms with Gasteiger partial charge in [0.25, 0.3) is 0 Å². The van der Waals surface area contributed by atoms with Crippen LogP contribution in [0.5, 0.6) is 0 Å². The lowest BCUT2D eigenvalue weighted by Gasteiger charge is -2.32. The number of hydrogen-bond acceptors (Lipinski definition) is 5. The number of ether oxygens (including phenoxy) is 1. The number of anilines is 3. The van der Waals surface area contributed by atoms with Crippen LogP contribution in [0.15, 0.2) is 17.0 Å².